The first kappa shape index (κ1) is 4.17. The van der Waals surface area contributed by atoms with Crippen LogP contribution in [0.5, 0.6) is 0 Å². The molecule has 0 spiro atoms. The van der Waals surface area contributed by atoms with Crippen molar-refractivity contribution in [3.8, 4) is 0 Å². The topological polar surface area (TPSA) is 0 Å². The monoisotopic (exact) mass is 128 g/mol. The number of allylic oxidation sites excluding steroid dienone is 6. The van der Waals surface area contributed by atoms with E-state index in [0.717, 1.165) is 11.8 Å². The van der Waals surface area contributed by atoms with Gasteiger partial charge in [0.1, 0.15) is 0 Å². The van der Waals surface area contributed by atoms with Crippen molar-refractivity contribution in [1.82, 2.24) is 0 Å². The highest BCUT2D eigenvalue weighted by molar-refractivity contribution is 5.71. The summed E-state index contributed by atoms with van der Waals surface area (Å²) >= 11 is 0. The average Bonchev–Trinajstić information content (AvgIpc) is 2.10. The van der Waals surface area contributed by atoms with Gasteiger partial charge in [0.25, 0.3) is 0 Å². The second-order valence-electron chi connectivity index (χ2n) is 3.88. The Labute approximate surface area is 59.9 Å². The fraction of sp³-hybridized carbons (Fsp3) is 0.400. The molecule has 0 heteroatoms. The molecule has 1 fully saturated rings. The van der Waals surface area contributed by atoms with Crippen LogP contribution < -0.4 is 0 Å². The third kappa shape index (κ3) is 0.225. The number of rotatable bonds is 0. The molecular formula is C10H8. The average molecular weight is 128 g/mol. The van der Waals surface area contributed by atoms with E-state index in [2.05, 4.69) is 12.2 Å². The van der Waals surface area contributed by atoms with E-state index >= 15 is 0 Å². The fourth-order valence-electron chi connectivity index (χ4n) is 3.01. The summed E-state index contributed by atoms with van der Waals surface area (Å²) in [6.45, 7) is 0. The van der Waals surface area contributed by atoms with E-state index in [1.54, 1.807) is 16.7 Å². The van der Waals surface area contributed by atoms with Crippen LogP contribution in [0.1, 0.15) is 12.8 Å². The van der Waals surface area contributed by atoms with Gasteiger partial charge in [-0.25, -0.2) is 0 Å². The van der Waals surface area contributed by atoms with Crippen LogP contribution in [-0.4, -0.2) is 0 Å². The van der Waals surface area contributed by atoms with Crippen molar-refractivity contribution in [3.63, 3.8) is 0 Å². The molecule has 0 radical (unpaired) electrons. The van der Waals surface area contributed by atoms with Crippen molar-refractivity contribution >= 4 is 0 Å². The van der Waals surface area contributed by atoms with Crippen LogP contribution >= 0.6 is 0 Å². The summed E-state index contributed by atoms with van der Waals surface area (Å²) in [5, 5.41) is 0. The Morgan fingerprint density at radius 1 is 1.30 bits per heavy atom. The minimum atomic E-state index is 0.941. The molecule has 0 aromatic heterocycles. The molecule has 4 aliphatic carbocycles. The number of hydrogen-bond acceptors (Lipinski definition) is 0. The molecule has 0 aliphatic heterocycles. The lowest BCUT2D eigenvalue weighted by Crippen LogP contribution is -2.37. The van der Waals surface area contributed by atoms with Gasteiger partial charge in [-0.1, -0.05) is 17.7 Å². The Balaban J connectivity index is 2.19. The van der Waals surface area contributed by atoms with Crippen LogP contribution in [0, 0.1) is 11.8 Å². The molecule has 0 N–H and O–H groups in total. The van der Waals surface area contributed by atoms with E-state index < -0.39 is 0 Å². The smallest absolute Gasteiger partial charge is 0.00720 e. The normalized spacial score (nSPS) is 44.0. The van der Waals surface area contributed by atoms with Gasteiger partial charge in [0.15, 0.2) is 0 Å². The molecule has 2 atom stereocenters. The maximum Gasteiger partial charge on any atom is 0.00720 e. The summed E-state index contributed by atoms with van der Waals surface area (Å²) in [7, 11) is 0. The van der Waals surface area contributed by atoms with E-state index in [9.17, 15) is 0 Å². The van der Waals surface area contributed by atoms with Gasteiger partial charge in [0.05, 0.1) is 0 Å². The van der Waals surface area contributed by atoms with Crippen LogP contribution in [0.25, 0.3) is 0 Å². The molecule has 0 aromatic carbocycles. The van der Waals surface area contributed by atoms with Crippen molar-refractivity contribution in [2.45, 2.75) is 12.8 Å². The van der Waals surface area contributed by atoms with E-state index in [0.29, 0.717) is 0 Å². The summed E-state index contributed by atoms with van der Waals surface area (Å²) in [5.74, 6) is 1.93. The summed E-state index contributed by atoms with van der Waals surface area (Å²) in [4.78, 5) is 0. The Morgan fingerprint density at radius 2 is 2.30 bits per heavy atom. The largest absolute Gasteiger partial charge is 0.0546 e. The summed E-state index contributed by atoms with van der Waals surface area (Å²) < 4.78 is 0. The highest BCUT2D eigenvalue weighted by Crippen LogP contribution is 2.64. The van der Waals surface area contributed by atoms with Crippen molar-refractivity contribution < 1.29 is 0 Å². The molecule has 4 aliphatic rings. The second kappa shape index (κ2) is 0.952. The van der Waals surface area contributed by atoms with Crippen molar-refractivity contribution in [1.29, 1.82) is 0 Å². The fourth-order valence-corrected chi connectivity index (χ4v) is 3.01. The zero-order valence-corrected chi connectivity index (χ0v) is 5.72. The molecule has 2 unspecified atom stereocenters. The van der Waals surface area contributed by atoms with Crippen LogP contribution in [0.4, 0.5) is 0 Å². The predicted octanol–water partition coefficient (Wildman–Crippen LogP) is 2.20. The highest BCUT2D eigenvalue weighted by atomic mass is 14.5. The van der Waals surface area contributed by atoms with Crippen LogP contribution in [-0.2, 0) is 0 Å². The Bertz CT molecular complexity index is 339. The Kier molecular flexibility index (Phi) is 0.397. The Morgan fingerprint density at radius 3 is 3.30 bits per heavy atom. The highest BCUT2D eigenvalue weighted by Gasteiger charge is 2.51. The molecule has 48 valence electrons. The lowest BCUT2D eigenvalue weighted by atomic mass is 9.54. The van der Waals surface area contributed by atoms with Gasteiger partial charge >= 0.3 is 0 Å². The van der Waals surface area contributed by atoms with Gasteiger partial charge in [-0.2, -0.15) is 0 Å². The first-order chi connectivity index (χ1) is 4.93. The summed E-state index contributed by atoms with van der Waals surface area (Å²) in [6, 6.07) is 0. The third-order valence-electron chi connectivity index (χ3n) is 3.49. The molecule has 1 saturated carbocycles. The van der Waals surface area contributed by atoms with Crippen molar-refractivity contribution in [2.75, 3.05) is 0 Å². The van der Waals surface area contributed by atoms with Crippen LogP contribution in [0.15, 0.2) is 34.4 Å². The van der Waals surface area contributed by atoms with Crippen LogP contribution in [0.2, 0.25) is 0 Å². The summed E-state index contributed by atoms with van der Waals surface area (Å²) in [6.07, 6.45) is 7.66. The van der Waals surface area contributed by atoms with Crippen molar-refractivity contribution in [3.05, 3.63) is 34.4 Å². The molecule has 0 amide bonds. The number of fused-ring (bicyclic) bond motifs is 1. The molecule has 0 heterocycles. The summed E-state index contributed by atoms with van der Waals surface area (Å²) in [5.41, 5.74) is 6.74. The van der Waals surface area contributed by atoms with Gasteiger partial charge in [0, 0.05) is 5.92 Å². The second-order valence-corrected chi connectivity index (χ2v) is 3.88. The lowest BCUT2D eigenvalue weighted by molar-refractivity contribution is 0.325. The van der Waals surface area contributed by atoms with E-state index in [1.807, 2.05) is 5.57 Å². The minimum absolute atomic E-state index is 0.941. The molecular weight excluding hydrogens is 120 g/mol. The van der Waals surface area contributed by atoms with Crippen LogP contribution in [0.3, 0.4) is 0 Å². The predicted molar refractivity (Wildman–Crippen MR) is 39.4 cm³/mol. The molecule has 2 bridgehead atoms. The first-order valence-corrected chi connectivity index (χ1v) is 4.10. The molecule has 4 rings (SSSR count). The third-order valence-corrected chi connectivity index (χ3v) is 3.49. The first-order valence-electron chi connectivity index (χ1n) is 4.10. The zero-order chi connectivity index (χ0) is 6.29. The maximum atomic E-state index is 2.43. The van der Waals surface area contributed by atoms with E-state index in [1.165, 1.54) is 12.8 Å². The molecule has 0 nitrogen and oxygen atoms in total. The molecule has 0 aromatic rings. The van der Waals surface area contributed by atoms with E-state index in [4.69, 9.17) is 0 Å². The lowest BCUT2D eigenvalue weighted by Gasteiger charge is -2.49. The van der Waals surface area contributed by atoms with Gasteiger partial charge < -0.3 is 0 Å². The van der Waals surface area contributed by atoms with Gasteiger partial charge in [-0.15, -0.1) is 0 Å². The van der Waals surface area contributed by atoms with E-state index in [-0.39, 0.29) is 0 Å². The standard InChI is InChI=1S/C10H8/c1-5-2-7-8(3-5)10-6(1)4-9(7)10/h2-3,6,9H,1,4H2. The Hall–Kier alpha value is -0.780. The molecule has 0 saturated heterocycles. The van der Waals surface area contributed by atoms with Gasteiger partial charge in [-0.3, -0.25) is 0 Å². The SMILES string of the molecule is C1=C2C=C3C1=C1C(C2)CC31. The van der Waals surface area contributed by atoms with Gasteiger partial charge in [0.2, 0.25) is 0 Å². The minimum Gasteiger partial charge on any atom is -0.0546 e. The maximum absolute atomic E-state index is 2.43. The van der Waals surface area contributed by atoms with Crippen molar-refractivity contribution in [2.24, 2.45) is 11.8 Å². The quantitative estimate of drug-likeness (QED) is 0.469. The number of hydrogen-bond donors (Lipinski definition) is 0. The zero-order valence-electron chi connectivity index (χ0n) is 5.72. The molecule has 10 heavy (non-hydrogen) atoms. The van der Waals surface area contributed by atoms with Gasteiger partial charge in [-0.05, 0) is 35.5 Å².